The van der Waals surface area contributed by atoms with E-state index in [1.165, 1.54) is 26.8 Å². The van der Waals surface area contributed by atoms with Crippen LogP contribution < -0.4 is 21.2 Å². The van der Waals surface area contributed by atoms with E-state index in [2.05, 4.69) is 171 Å². The molecule has 4 aromatic rings. The number of allylic oxidation sites excluding steroid dienone is 6. The lowest BCUT2D eigenvalue weighted by Gasteiger charge is -2.31. The molecule has 1 unspecified atom stereocenters. The summed E-state index contributed by atoms with van der Waals surface area (Å²) >= 11 is 0. The van der Waals surface area contributed by atoms with E-state index < -0.39 is 15.8 Å². The molecular formula is C39H39NP2. The third kappa shape index (κ3) is 6.35. The van der Waals surface area contributed by atoms with Gasteiger partial charge in [-0.3, -0.25) is 0 Å². The zero-order chi connectivity index (χ0) is 28.7. The van der Waals surface area contributed by atoms with Gasteiger partial charge in [0.15, 0.2) is 0 Å². The first-order valence-corrected chi connectivity index (χ1v) is 17.6. The van der Waals surface area contributed by atoms with Gasteiger partial charge in [0.2, 0.25) is 0 Å². The molecule has 4 aromatic carbocycles. The molecule has 0 aliphatic heterocycles. The highest BCUT2D eigenvalue weighted by molar-refractivity contribution is 7.77. The normalized spacial score (nSPS) is 17.1. The summed E-state index contributed by atoms with van der Waals surface area (Å²) in [6, 6.07) is 45.0. The lowest BCUT2D eigenvalue weighted by molar-refractivity contribution is 0.308. The molecule has 1 nitrogen and oxygen atoms in total. The molecule has 2 atom stereocenters. The predicted octanol–water partition coefficient (Wildman–Crippen LogP) is 8.25. The second-order valence-electron chi connectivity index (χ2n) is 11.2. The molecule has 0 spiro atoms. The van der Waals surface area contributed by atoms with Crippen molar-refractivity contribution in [3.63, 3.8) is 0 Å². The fourth-order valence-corrected chi connectivity index (χ4v) is 11.5. The summed E-state index contributed by atoms with van der Waals surface area (Å²) in [6.45, 7) is 0. The predicted molar refractivity (Wildman–Crippen MR) is 186 cm³/mol. The second-order valence-corrected chi connectivity index (χ2v) is 15.6. The van der Waals surface area contributed by atoms with E-state index in [-0.39, 0.29) is 0 Å². The van der Waals surface area contributed by atoms with Crippen molar-refractivity contribution >= 4 is 37.1 Å². The van der Waals surface area contributed by atoms with Gasteiger partial charge in [-0.25, -0.2) is 0 Å². The Bertz CT molecular complexity index is 1490. The average molecular weight is 584 g/mol. The number of likely N-dealkylation sites (N-methyl/N-ethyl adjacent to an activating group) is 1. The molecule has 0 radical (unpaired) electrons. The van der Waals surface area contributed by atoms with Crippen LogP contribution in [0.15, 0.2) is 168 Å². The van der Waals surface area contributed by atoms with Gasteiger partial charge in [0.25, 0.3) is 0 Å². The lowest BCUT2D eigenvalue weighted by Crippen LogP contribution is -2.31. The van der Waals surface area contributed by atoms with E-state index in [0.29, 0.717) is 12.0 Å². The zero-order valence-corrected chi connectivity index (χ0v) is 26.3. The Morgan fingerprint density at radius 3 is 1.62 bits per heavy atom. The Hall–Kier alpha value is -3.34. The SMILES string of the molecule is CN(C)[C@@H](CCC1C=CC=C1P(c1ccccc1)c1ccccc1)C1=C(P(c2ccccc2)c2ccccc2)CC=C1. The Labute approximate surface area is 254 Å². The van der Waals surface area contributed by atoms with E-state index in [0.717, 1.165) is 19.3 Å². The van der Waals surface area contributed by atoms with Gasteiger partial charge in [0, 0.05) is 12.0 Å². The summed E-state index contributed by atoms with van der Waals surface area (Å²) < 4.78 is 0. The van der Waals surface area contributed by atoms with Gasteiger partial charge in [-0.1, -0.05) is 152 Å². The molecule has 0 heterocycles. The minimum atomic E-state index is -0.581. The van der Waals surface area contributed by atoms with Crippen LogP contribution in [0.25, 0.3) is 0 Å². The summed E-state index contributed by atoms with van der Waals surface area (Å²) in [5, 5.41) is 8.92. The Morgan fingerprint density at radius 2 is 1.14 bits per heavy atom. The molecule has 0 amide bonds. The van der Waals surface area contributed by atoms with Crippen molar-refractivity contribution in [2.24, 2.45) is 5.92 Å². The molecule has 0 saturated carbocycles. The van der Waals surface area contributed by atoms with Crippen LogP contribution in [0.1, 0.15) is 19.3 Å². The molecule has 42 heavy (non-hydrogen) atoms. The molecule has 2 aliphatic rings. The van der Waals surface area contributed by atoms with Crippen molar-refractivity contribution < 1.29 is 0 Å². The molecule has 210 valence electrons. The summed E-state index contributed by atoms with van der Waals surface area (Å²) in [4.78, 5) is 2.45. The van der Waals surface area contributed by atoms with Gasteiger partial charge in [-0.15, -0.1) is 0 Å². The third-order valence-corrected chi connectivity index (χ3v) is 13.5. The van der Waals surface area contributed by atoms with Gasteiger partial charge >= 0.3 is 0 Å². The van der Waals surface area contributed by atoms with E-state index >= 15 is 0 Å². The zero-order valence-electron chi connectivity index (χ0n) is 24.6. The summed E-state index contributed by atoms with van der Waals surface area (Å²) in [7, 11) is 3.38. The third-order valence-electron chi connectivity index (χ3n) is 8.25. The Morgan fingerprint density at radius 1 is 0.667 bits per heavy atom. The number of rotatable bonds is 11. The molecule has 6 rings (SSSR count). The van der Waals surface area contributed by atoms with Crippen molar-refractivity contribution in [2.75, 3.05) is 14.1 Å². The van der Waals surface area contributed by atoms with Crippen LogP contribution in [0.2, 0.25) is 0 Å². The first-order valence-electron chi connectivity index (χ1n) is 15.0. The second kappa shape index (κ2) is 13.8. The van der Waals surface area contributed by atoms with E-state index in [1.807, 2.05) is 0 Å². The summed E-state index contributed by atoms with van der Waals surface area (Å²) in [5.41, 5.74) is 1.53. The van der Waals surface area contributed by atoms with E-state index in [4.69, 9.17) is 0 Å². The van der Waals surface area contributed by atoms with Crippen LogP contribution in [0, 0.1) is 5.92 Å². The molecular weight excluding hydrogens is 544 g/mol. The monoisotopic (exact) mass is 583 g/mol. The maximum absolute atomic E-state index is 2.45. The van der Waals surface area contributed by atoms with Gasteiger partial charge < -0.3 is 4.90 Å². The van der Waals surface area contributed by atoms with Crippen LogP contribution in [0.3, 0.4) is 0 Å². The molecule has 0 fully saturated rings. The van der Waals surface area contributed by atoms with Crippen molar-refractivity contribution in [2.45, 2.75) is 25.3 Å². The van der Waals surface area contributed by atoms with Gasteiger partial charge in [-0.2, -0.15) is 0 Å². The van der Waals surface area contributed by atoms with Gasteiger partial charge in [-0.05, 0) is 86.6 Å². The van der Waals surface area contributed by atoms with Crippen molar-refractivity contribution in [3.05, 3.63) is 168 Å². The Balaban J connectivity index is 1.30. The number of nitrogens with zero attached hydrogens (tertiary/aromatic N) is 1. The van der Waals surface area contributed by atoms with E-state index in [9.17, 15) is 0 Å². The first kappa shape index (κ1) is 28.8. The molecule has 3 heteroatoms. The first-order chi connectivity index (χ1) is 20.7. The van der Waals surface area contributed by atoms with E-state index in [1.54, 1.807) is 10.6 Å². The van der Waals surface area contributed by atoms with Crippen LogP contribution in [0.5, 0.6) is 0 Å². The maximum Gasteiger partial charge on any atom is 0.0345 e. The van der Waals surface area contributed by atoms with Crippen molar-refractivity contribution in [1.82, 2.24) is 4.90 Å². The van der Waals surface area contributed by atoms with Gasteiger partial charge in [0.1, 0.15) is 0 Å². The fourth-order valence-electron chi connectivity index (χ4n) is 6.28. The van der Waals surface area contributed by atoms with Crippen LogP contribution in [0.4, 0.5) is 0 Å². The lowest BCUT2D eigenvalue weighted by atomic mass is 9.96. The summed E-state index contributed by atoms with van der Waals surface area (Å²) in [6.07, 6.45) is 15.3. The smallest absolute Gasteiger partial charge is 0.0345 e. The molecule has 0 saturated heterocycles. The number of benzene rings is 4. The summed E-state index contributed by atoms with van der Waals surface area (Å²) in [5.74, 6) is 0.457. The van der Waals surface area contributed by atoms with Crippen LogP contribution in [-0.2, 0) is 0 Å². The molecule has 0 bridgehead atoms. The van der Waals surface area contributed by atoms with Crippen LogP contribution in [-0.4, -0.2) is 25.0 Å². The highest BCUT2D eigenvalue weighted by Crippen LogP contribution is 2.52. The highest BCUT2D eigenvalue weighted by Gasteiger charge is 2.30. The van der Waals surface area contributed by atoms with Crippen molar-refractivity contribution in [3.8, 4) is 0 Å². The number of hydrogen-bond donors (Lipinski definition) is 0. The van der Waals surface area contributed by atoms with Crippen LogP contribution >= 0.6 is 15.8 Å². The molecule has 0 N–H and O–H groups in total. The topological polar surface area (TPSA) is 3.24 Å². The molecule has 2 aliphatic carbocycles. The quantitative estimate of drug-likeness (QED) is 0.161. The number of hydrogen-bond acceptors (Lipinski definition) is 1. The largest absolute Gasteiger partial charge is 0.302 e. The Kier molecular flexibility index (Phi) is 9.42. The maximum atomic E-state index is 2.45. The molecule has 0 aromatic heterocycles. The van der Waals surface area contributed by atoms with Gasteiger partial charge in [0.05, 0.1) is 0 Å². The highest BCUT2D eigenvalue weighted by atomic mass is 31.1. The fraction of sp³-hybridized carbons (Fsp3) is 0.179. The average Bonchev–Trinajstić information content (AvgIpc) is 3.70. The van der Waals surface area contributed by atoms with Crippen molar-refractivity contribution in [1.29, 1.82) is 0 Å². The standard InChI is InChI=1S/C39H39NP2/c1-40(2)37(36-26-16-28-39(36)42(34-22-11-5-12-23-34)35-24-13-6-14-25-35)30-29-31-17-15-27-38(31)41(32-18-7-3-8-19-32)33-20-9-4-10-21-33/h3-27,31,37H,28-30H2,1-2H3/t31?,37-/m0/s1. The minimum Gasteiger partial charge on any atom is -0.302 e. The minimum absolute atomic E-state index is 0.381.